The molecule has 0 saturated heterocycles. The lowest BCUT2D eigenvalue weighted by Crippen LogP contribution is -2.14. The lowest BCUT2D eigenvalue weighted by atomic mass is 9.78. The van der Waals surface area contributed by atoms with E-state index >= 15 is 0 Å². The molecule has 256 valence electrons. The monoisotopic (exact) mass is 644 g/mol. The van der Waals surface area contributed by atoms with Crippen LogP contribution in [0.25, 0.3) is 0 Å². The second-order valence-electron chi connectivity index (χ2n) is 16.4. The molecule has 0 saturated carbocycles. The smallest absolute Gasteiger partial charge is 0.0397 e. The van der Waals surface area contributed by atoms with Crippen molar-refractivity contribution in [3.05, 3.63) is 90.1 Å². The van der Waals surface area contributed by atoms with E-state index in [1.807, 2.05) is 0 Å². The van der Waals surface area contributed by atoms with Gasteiger partial charge >= 0.3 is 0 Å². The maximum Gasteiger partial charge on any atom is 0.0397 e. The van der Waals surface area contributed by atoms with E-state index in [-0.39, 0.29) is 0 Å². The highest BCUT2D eigenvalue weighted by Gasteiger charge is 2.40. The molecule has 0 amide bonds. The summed E-state index contributed by atoms with van der Waals surface area (Å²) >= 11 is 0. The summed E-state index contributed by atoms with van der Waals surface area (Å²) in [6.07, 6.45) is 25.0. The van der Waals surface area contributed by atoms with Crippen molar-refractivity contribution in [2.45, 2.75) is 180 Å². The SMILES string of the molecule is CCCc1c2[nH]c3c1CCCC3c1[nH]c3c(c1CCC)CCCC3c1[nH]c3c(c1CCC)CCCC3c1[nH]c3c(c1CCC)CCCC23. The van der Waals surface area contributed by atoms with Crippen LogP contribution in [-0.4, -0.2) is 19.9 Å². The second kappa shape index (κ2) is 12.5. The van der Waals surface area contributed by atoms with E-state index in [2.05, 4.69) is 47.6 Å². The quantitative estimate of drug-likeness (QED) is 0.147. The normalized spacial score (nSPS) is 23.9. The molecule has 5 aliphatic rings. The zero-order chi connectivity index (χ0) is 32.5. The summed E-state index contributed by atoms with van der Waals surface area (Å²) in [6.45, 7) is 9.59. The number of nitrogens with one attached hydrogen (secondary N) is 4. The highest BCUT2D eigenvalue weighted by Crippen LogP contribution is 2.51. The Morgan fingerprint density at radius 1 is 0.354 bits per heavy atom. The minimum absolute atomic E-state index is 0.466. The van der Waals surface area contributed by atoms with Crippen LogP contribution in [0.5, 0.6) is 0 Å². The molecule has 1 aliphatic heterocycles. The third-order valence-corrected chi connectivity index (χ3v) is 13.6. The Kier molecular flexibility index (Phi) is 8.08. The van der Waals surface area contributed by atoms with Gasteiger partial charge in [0.25, 0.3) is 0 Å². The molecule has 4 nitrogen and oxygen atoms in total. The summed E-state index contributed by atoms with van der Waals surface area (Å²) in [5.74, 6) is 1.86. The minimum atomic E-state index is 0.466. The molecule has 4 unspecified atom stereocenters. The molecule has 0 spiro atoms. The van der Waals surface area contributed by atoms with Crippen LogP contribution in [0.4, 0.5) is 0 Å². The molecule has 4 aromatic rings. The number of fused-ring (bicyclic) bond motifs is 8. The molecule has 9 rings (SSSR count). The van der Waals surface area contributed by atoms with Crippen molar-refractivity contribution in [2.75, 3.05) is 0 Å². The summed E-state index contributed by atoms with van der Waals surface area (Å²) in [5, 5.41) is 0. The molecule has 4 aromatic heterocycles. The van der Waals surface area contributed by atoms with Gasteiger partial charge in [0.05, 0.1) is 0 Å². The van der Waals surface area contributed by atoms with E-state index in [1.165, 1.54) is 128 Å². The largest absolute Gasteiger partial charge is 0.361 e. The fourth-order valence-corrected chi connectivity index (χ4v) is 11.8. The molecule has 0 radical (unpaired) electrons. The van der Waals surface area contributed by atoms with Crippen molar-refractivity contribution in [3.63, 3.8) is 0 Å². The van der Waals surface area contributed by atoms with Crippen molar-refractivity contribution in [1.29, 1.82) is 0 Å². The molecule has 0 aromatic carbocycles. The summed E-state index contributed by atoms with van der Waals surface area (Å²) in [4.78, 5) is 17.4. The maximum absolute atomic E-state index is 4.34. The third kappa shape index (κ3) is 4.59. The molecule has 5 heterocycles. The van der Waals surface area contributed by atoms with E-state index in [0.717, 1.165) is 0 Å². The van der Waals surface area contributed by atoms with Gasteiger partial charge in [0.1, 0.15) is 0 Å². The van der Waals surface area contributed by atoms with E-state index in [1.54, 1.807) is 90.1 Å². The Bertz CT molecular complexity index is 1550. The fourth-order valence-electron chi connectivity index (χ4n) is 11.8. The topological polar surface area (TPSA) is 63.2 Å². The first-order valence-electron chi connectivity index (χ1n) is 20.6. The van der Waals surface area contributed by atoms with Gasteiger partial charge in [-0.15, -0.1) is 0 Å². The first kappa shape index (κ1) is 31.1. The lowest BCUT2D eigenvalue weighted by Gasteiger charge is -2.24. The van der Waals surface area contributed by atoms with E-state index < -0.39 is 0 Å². The van der Waals surface area contributed by atoms with Crippen LogP contribution in [0.1, 0.15) is 218 Å². The van der Waals surface area contributed by atoms with Gasteiger partial charge in [-0.2, -0.15) is 0 Å². The van der Waals surface area contributed by atoms with Gasteiger partial charge in [-0.3, -0.25) is 0 Å². The van der Waals surface area contributed by atoms with Crippen molar-refractivity contribution in [2.24, 2.45) is 0 Å². The summed E-state index contributed by atoms with van der Waals surface area (Å²) < 4.78 is 0. The summed E-state index contributed by atoms with van der Waals surface area (Å²) in [6, 6.07) is 0. The molecular weight excluding hydrogens is 585 g/mol. The van der Waals surface area contributed by atoms with Crippen molar-refractivity contribution in [1.82, 2.24) is 19.9 Å². The zero-order valence-corrected chi connectivity index (χ0v) is 30.5. The number of hydrogen-bond acceptors (Lipinski definition) is 0. The van der Waals surface area contributed by atoms with Crippen LogP contribution in [0.15, 0.2) is 0 Å². The highest BCUT2D eigenvalue weighted by atomic mass is 14.9. The number of aromatic nitrogens is 4. The molecule has 0 fully saturated rings. The minimum Gasteiger partial charge on any atom is -0.361 e. The van der Waals surface area contributed by atoms with Gasteiger partial charge in [0, 0.05) is 69.2 Å². The number of hydrogen-bond donors (Lipinski definition) is 4. The van der Waals surface area contributed by atoms with Gasteiger partial charge in [-0.1, -0.05) is 53.4 Å². The Morgan fingerprint density at radius 3 is 0.792 bits per heavy atom. The Hall–Kier alpha value is -2.88. The van der Waals surface area contributed by atoms with Gasteiger partial charge in [0.15, 0.2) is 0 Å². The number of aromatic amines is 4. The molecule has 8 bridgehead atoms. The molecule has 4 aliphatic carbocycles. The summed E-state index contributed by atoms with van der Waals surface area (Å²) in [7, 11) is 0. The van der Waals surface area contributed by atoms with Crippen LogP contribution in [0.3, 0.4) is 0 Å². The van der Waals surface area contributed by atoms with Crippen molar-refractivity contribution >= 4 is 0 Å². The number of H-pyrrole nitrogens is 4. The van der Waals surface area contributed by atoms with Crippen LogP contribution in [-0.2, 0) is 51.4 Å². The maximum atomic E-state index is 4.34. The Labute approximate surface area is 289 Å². The van der Waals surface area contributed by atoms with Gasteiger partial charge in [-0.05, 0) is 147 Å². The standard InChI is InChI=1S/C44H60N4/c1-5-13-25-29-17-9-22-34-38-27(15-7-3)31-19-11-24-36(43(31)47-38)40-28(16-8-4)32-20-12-23-35(44(32)48-40)39-26(14-6-2)30-18-10-21-33(42(30)46-39)37(25)45-41(29)34/h33-36,45-48H,5-24H2,1-4H3. The zero-order valence-electron chi connectivity index (χ0n) is 30.5. The van der Waals surface area contributed by atoms with Crippen molar-refractivity contribution < 1.29 is 0 Å². The van der Waals surface area contributed by atoms with Gasteiger partial charge in [-0.25, -0.2) is 0 Å². The third-order valence-electron chi connectivity index (χ3n) is 13.6. The van der Waals surface area contributed by atoms with Crippen LogP contribution < -0.4 is 0 Å². The highest BCUT2D eigenvalue weighted by molar-refractivity contribution is 5.56. The van der Waals surface area contributed by atoms with Crippen LogP contribution >= 0.6 is 0 Å². The Morgan fingerprint density at radius 2 is 0.583 bits per heavy atom. The van der Waals surface area contributed by atoms with E-state index in [0.29, 0.717) is 23.7 Å². The molecule has 4 heteroatoms. The predicted molar refractivity (Wildman–Crippen MR) is 198 cm³/mol. The Balaban J connectivity index is 1.35. The molecule has 4 atom stereocenters. The summed E-state index contributed by atoms with van der Waals surface area (Å²) in [5.41, 5.74) is 26.2. The molecular formula is C44H60N4. The van der Waals surface area contributed by atoms with Crippen LogP contribution in [0.2, 0.25) is 0 Å². The van der Waals surface area contributed by atoms with E-state index in [9.17, 15) is 0 Å². The average Bonchev–Trinajstić information content (AvgIpc) is 3.86. The fraction of sp³-hybridized carbons (Fsp3) is 0.636. The lowest BCUT2D eigenvalue weighted by molar-refractivity contribution is 0.569. The van der Waals surface area contributed by atoms with Gasteiger partial charge in [0.2, 0.25) is 0 Å². The predicted octanol–water partition coefficient (Wildman–Crippen LogP) is 11.0. The van der Waals surface area contributed by atoms with Gasteiger partial charge < -0.3 is 19.9 Å². The van der Waals surface area contributed by atoms with Crippen LogP contribution in [0, 0.1) is 0 Å². The van der Waals surface area contributed by atoms with E-state index in [4.69, 9.17) is 0 Å². The van der Waals surface area contributed by atoms with Crippen molar-refractivity contribution in [3.8, 4) is 0 Å². The average molecular weight is 645 g/mol. The first-order chi connectivity index (χ1) is 23.7. The molecule has 48 heavy (non-hydrogen) atoms. The molecule has 4 N–H and O–H groups in total. The first-order valence-corrected chi connectivity index (χ1v) is 20.6. The number of rotatable bonds is 8. The second-order valence-corrected chi connectivity index (χ2v) is 16.4.